The molecule has 2 unspecified atom stereocenters. The number of nitrogens with zero attached hydrogens (tertiary/aromatic N) is 1. The maximum atomic E-state index is 12.6. The van der Waals surface area contributed by atoms with E-state index in [2.05, 4.69) is 11.8 Å². The minimum atomic E-state index is -0.0520. The van der Waals surface area contributed by atoms with Gasteiger partial charge in [0.05, 0.1) is 6.04 Å². The van der Waals surface area contributed by atoms with E-state index in [1.165, 1.54) is 32.1 Å². The highest BCUT2D eigenvalue weighted by atomic mass is 35.5. The third kappa shape index (κ3) is 4.55. The highest BCUT2D eigenvalue weighted by Gasteiger charge is 2.25. The van der Waals surface area contributed by atoms with Gasteiger partial charge in [0, 0.05) is 10.6 Å². The molecular weight excluding hydrogens is 282 g/mol. The zero-order chi connectivity index (χ0) is 15.2. The molecule has 1 saturated heterocycles. The Balaban J connectivity index is 1.99. The van der Waals surface area contributed by atoms with Crippen LogP contribution in [0.5, 0.6) is 0 Å². The molecule has 2 rings (SSSR count). The lowest BCUT2D eigenvalue weighted by Crippen LogP contribution is -2.39. The zero-order valence-electron chi connectivity index (χ0n) is 13.1. The van der Waals surface area contributed by atoms with E-state index in [1.54, 1.807) is 6.07 Å². The van der Waals surface area contributed by atoms with E-state index in [0.29, 0.717) is 5.02 Å². The molecule has 0 spiro atoms. The summed E-state index contributed by atoms with van der Waals surface area (Å²) in [7, 11) is 0. The number of Topliss-reactive ketones (excluding diaryl/α,β-unsaturated/α-hetero) is 1. The molecule has 0 bridgehead atoms. The highest BCUT2D eigenvalue weighted by molar-refractivity contribution is 6.31. The molecule has 0 N–H and O–H groups in total. The molecule has 0 aliphatic carbocycles. The van der Waals surface area contributed by atoms with E-state index >= 15 is 0 Å². The van der Waals surface area contributed by atoms with Crippen LogP contribution >= 0.6 is 11.6 Å². The molecule has 0 radical (unpaired) electrons. The Morgan fingerprint density at radius 3 is 2.90 bits per heavy atom. The maximum absolute atomic E-state index is 12.6. The number of hydrogen-bond acceptors (Lipinski definition) is 2. The van der Waals surface area contributed by atoms with Crippen molar-refractivity contribution in [2.24, 2.45) is 5.92 Å². The molecule has 0 saturated carbocycles. The Labute approximate surface area is 133 Å². The molecule has 21 heavy (non-hydrogen) atoms. The first-order valence-corrected chi connectivity index (χ1v) is 8.53. The van der Waals surface area contributed by atoms with Crippen molar-refractivity contribution >= 4 is 17.4 Å². The van der Waals surface area contributed by atoms with Crippen LogP contribution in [0.4, 0.5) is 0 Å². The molecular formula is C18H26ClNO. The molecule has 1 fully saturated rings. The Morgan fingerprint density at radius 1 is 1.38 bits per heavy atom. The van der Waals surface area contributed by atoms with Crippen LogP contribution < -0.4 is 0 Å². The summed E-state index contributed by atoms with van der Waals surface area (Å²) in [6.45, 7) is 6.36. The summed E-state index contributed by atoms with van der Waals surface area (Å²) in [5, 5.41) is 0.631. The average molecular weight is 308 g/mol. The Kier molecular flexibility index (Phi) is 6.25. The molecule has 2 nitrogen and oxygen atoms in total. The number of rotatable bonds is 5. The van der Waals surface area contributed by atoms with Gasteiger partial charge in [-0.2, -0.15) is 0 Å². The largest absolute Gasteiger partial charge is 0.293 e. The monoisotopic (exact) mass is 307 g/mol. The van der Waals surface area contributed by atoms with Gasteiger partial charge >= 0.3 is 0 Å². The van der Waals surface area contributed by atoms with Crippen molar-refractivity contribution < 1.29 is 4.79 Å². The fourth-order valence-corrected chi connectivity index (χ4v) is 3.51. The zero-order valence-corrected chi connectivity index (χ0v) is 13.9. The van der Waals surface area contributed by atoms with E-state index in [-0.39, 0.29) is 11.8 Å². The molecule has 1 aliphatic heterocycles. The van der Waals surface area contributed by atoms with Gasteiger partial charge in [0.1, 0.15) is 0 Å². The van der Waals surface area contributed by atoms with Crippen LogP contribution in [-0.4, -0.2) is 29.8 Å². The summed E-state index contributed by atoms with van der Waals surface area (Å²) >= 11 is 5.99. The second kappa shape index (κ2) is 7.95. The highest BCUT2D eigenvalue weighted by Crippen LogP contribution is 2.24. The summed E-state index contributed by atoms with van der Waals surface area (Å²) in [5.41, 5.74) is 0.726. The number of carbonyl (C=O) groups excluding carboxylic acids is 1. The second-order valence-electron chi connectivity index (χ2n) is 6.17. The Hall–Kier alpha value is -0.860. The van der Waals surface area contributed by atoms with Crippen LogP contribution in [0.15, 0.2) is 24.3 Å². The standard InChI is InChI=1S/C18H26ClNO/c1-3-6-15-7-5-11-20(12-10-15)14(2)18(21)16-8-4-9-17(19)13-16/h4,8-9,13-15H,3,5-7,10-12H2,1-2H3. The van der Waals surface area contributed by atoms with Crippen molar-refractivity contribution in [3.8, 4) is 0 Å². The third-order valence-electron chi connectivity index (χ3n) is 4.62. The number of carbonyl (C=O) groups is 1. The summed E-state index contributed by atoms with van der Waals surface area (Å²) < 4.78 is 0. The van der Waals surface area contributed by atoms with Crippen molar-refractivity contribution in [3.05, 3.63) is 34.9 Å². The molecule has 0 amide bonds. The number of hydrogen-bond donors (Lipinski definition) is 0. The summed E-state index contributed by atoms with van der Waals surface area (Å²) in [5.74, 6) is 1.03. The van der Waals surface area contributed by atoms with Crippen molar-refractivity contribution in [3.63, 3.8) is 0 Å². The fourth-order valence-electron chi connectivity index (χ4n) is 3.32. The minimum absolute atomic E-state index is 0.0520. The quantitative estimate of drug-likeness (QED) is 0.727. The predicted molar refractivity (Wildman–Crippen MR) is 89.1 cm³/mol. The first kappa shape index (κ1) is 16.5. The van der Waals surface area contributed by atoms with Crippen molar-refractivity contribution in [1.29, 1.82) is 0 Å². The first-order chi connectivity index (χ1) is 10.1. The molecule has 1 aromatic rings. The first-order valence-electron chi connectivity index (χ1n) is 8.15. The van der Waals surface area contributed by atoms with Gasteiger partial charge in [-0.05, 0) is 57.3 Å². The van der Waals surface area contributed by atoms with E-state index < -0.39 is 0 Å². The lowest BCUT2D eigenvalue weighted by atomic mass is 9.96. The molecule has 1 aliphatic rings. The third-order valence-corrected chi connectivity index (χ3v) is 4.85. The van der Waals surface area contributed by atoms with Gasteiger partial charge < -0.3 is 0 Å². The van der Waals surface area contributed by atoms with Gasteiger partial charge in [-0.3, -0.25) is 9.69 Å². The summed E-state index contributed by atoms with van der Waals surface area (Å²) in [6, 6.07) is 7.25. The van der Waals surface area contributed by atoms with Gasteiger partial charge in [0.25, 0.3) is 0 Å². The normalized spacial score (nSPS) is 21.8. The van der Waals surface area contributed by atoms with E-state index in [4.69, 9.17) is 11.6 Å². The van der Waals surface area contributed by atoms with Gasteiger partial charge in [0.15, 0.2) is 5.78 Å². The van der Waals surface area contributed by atoms with Crippen molar-refractivity contribution in [2.45, 2.75) is 52.0 Å². The van der Waals surface area contributed by atoms with E-state index in [0.717, 1.165) is 24.6 Å². The molecule has 2 atom stereocenters. The maximum Gasteiger partial charge on any atom is 0.179 e. The van der Waals surface area contributed by atoms with E-state index in [9.17, 15) is 4.79 Å². The molecule has 1 heterocycles. The van der Waals surface area contributed by atoms with Crippen LogP contribution in [0, 0.1) is 5.92 Å². The van der Waals surface area contributed by atoms with Crippen molar-refractivity contribution in [1.82, 2.24) is 4.90 Å². The van der Waals surface area contributed by atoms with Gasteiger partial charge in [-0.15, -0.1) is 0 Å². The molecule has 0 aromatic heterocycles. The van der Waals surface area contributed by atoms with Crippen LogP contribution in [0.1, 0.15) is 56.3 Å². The molecule has 116 valence electrons. The average Bonchev–Trinajstić information content (AvgIpc) is 2.72. The van der Waals surface area contributed by atoms with Gasteiger partial charge in [0.2, 0.25) is 0 Å². The molecule has 3 heteroatoms. The SMILES string of the molecule is CCCC1CCCN(C(C)C(=O)c2cccc(Cl)c2)CC1. The molecule has 1 aromatic carbocycles. The second-order valence-corrected chi connectivity index (χ2v) is 6.61. The number of halogens is 1. The van der Waals surface area contributed by atoms with Gasteiger partial charge in [-0.25, -0.2) is 0 Å². The smallest absolute Gasteiger partial charge is 0.179 e. The Morgan fingerprint density at radius 2 is 2.19 bits per heavy atom. The topological polar surface area (TPSA) is 20.3 Å². The number of likely N-dealkylation sites (tertiary alicyclic amines) is 1. The van der Waals surface area contributed by atoms with Crippen LogP contribution in [0.3, 0.4) is 0 Å². The fraction of sp³-hybridized carbons (Fsp3) is 0.611. The number of benzene rings is 1. The van der Waals surface area contributed by atoms with E-state index in [1.807, 2.05) is 25.1 Å². The number of ketones is 1. The summed E-state index contributed by atoms with van der Waals surface area (Å²) in [6.07, 6.45) is 6.33. The lowest BCUT2D eigenvalue weighted by molar-refractivity contribution is 0.0841. The minimum Gasteiger partial charge on any atom is -0.293 e. The lowest BCUT2D eigenvalue weighted by Gasteiger charge is -2.26. The predicted octanol–water partition coefficient (Wildman–Crippen LogP) is 4.81. The van der Waals surface area contributed by atoms with Crippen LogP contribution in [0.25, 0.3) is 0 Å². The van der Waals surface area contributed by atoms with Gasteiger partial charge in [-0.1, -0.05) is 43.5 Å². The Bertz CT molecular complexity index is 474. The van der Waals surface area contributed by atoms with Crippen LogP contribution in [0.2, 0.25) is 5.02 Å². The summed E-state index contributed by atoms with van der Waals surface area (Å²) in [4.78, 5) is 15.0. The van der Waals surface area contributed by atoms with Crippen molar-refractivity contribution in [2.75, 3.05) is 13.1 Å². The van der Waals surface area contributed by atoms with Crippen LogP contribution in [-0.2, 0) is 0 Å².